The van der Waals surface area contributed by atoms with Gasteiger partial charge in [0.05, 0.1) is 37.8 Å². The zero-order chi connectivity index (χ0) is 22.8. The number of aromatic nitrogens is 4. The topological polar surface area (TPSA) is 117 Å². The second-order valence-corrected chi connectivity index (χ2v) is 8.47. The summed E-state index contributed by atoms with van der Waals surface area (Å²) in [5.74, 6) is 0. The number of nitrogen functional groups attached to an aromatic ring is 1. The van der Waals surface area contributed by atoms with Crippen LogP contribution in [0.4, 0.5) is 5.69 Å². The van der Waals surface area contributed by atoms with E-state index in [1.807, 2.05) is 41.0 Å². The summed E-state index contributed by atoms with van der Waals surface area (Å²) >= 11 is 0. The molecule has 4 N–H and O–H groups in total. The maximum absolute atomic E-state index is 6.78. The van der Waals surface area contributed by atoms with Gasteiger partial charge in [-0.1, -0.05) is 30.4 Å². The average Bonchev–Trinajstić information content (AvgIpc) is 3.21. The van der Waals surface area contributed by atoms with Gasteiger partial charge in [-0.05, 0) is 29.7 Å². The van der Waals surface area contributed by atoms with Crippen molar-refractivity contribution in [3.05, 3.63) is 59.9 Å². The van der Waals surface area contributed by atoms with Crippen LogP contribution in [-0.2, 0) is 16.8 Å². The summed E-state index contributed by atoms with van der Waals surface area (Å²) < 4.78 is 12.9. The van der Waals surface area contributed by atoms with Gasteiger partial charge in [0.25, 0.3) is 6.01 Å². The molecule has 1 aliphatic heterocycles. The maximum Gasteiger partial charge on any atom is 0.299 e. The van der Waals surface area contributed by atoms with Crippen LogP contribution in [-0.4, -0.2) is 64.4 Å². The Kier molecular flexibility index (Phi) is 5.84. The molecule has 5 rings (SSSR count). The van der Waals surface area contributed by atoms with Gasteiger partial charge in [0, 0.05) is 31.9 Å². The first kappa shape index (κ1) is 21.6. The van der Waals surface area contributed by atoms with E-state index < -0.39 is 5.54 Å². The van der Waals surface area contributed by atoms with Crippen molar-refractivity contribution in [3.63, 3.8) is 0 Å². The molecule has 33 heavy (non-hydrogen) atoms. The van der Waals surface area contributed by atoms with E-state index in [0.29, 0.717) is 36.0 Å². The largest absolute Gasteiger partial charge is 0.468 e. The highest BCUT2D eigenvalue weighted by molar-refractivity contribution is 5.76. The van der Waals surface area contributed by atoms with Crippen LogP contribution in [0.1, 0.15) is 17.7 Å². The molecule has 0 radical (unpaired) electrons. The Labute approximate surface area is 192 Å². The number of benzene rings is 1. The molecule has 1 aliphatic carbocycles. The number of ether oxygens (including phenoxy) is 2. The third kappa shape index (κ3) is 4.35. The average molecular weight is 448 g/mol. The van der Waals surface area contributed by atoms with Gasteiger partial charge in [-0.2, -0.15) is 4.98 Å². The molecule has 9 heteroatoms. The zero-order valence-electron chi connectivity index (χ0n) is 18.8. The Morgan fingerprint density at radius 1 is 1.12 bits per heavy atom. The van der Waals surface area contributed by atoms with E-state index in [9.17, 15) is 0 Å². The van der Waals surface area contributed by atoms with Crippen molar-refractivity contribution in [1.82, 2.24) is 24.4 Å². The first-order valence-electron chi connectivity index (χ1n) is 11.2. The number of imidazole rings is 1. The van der Waals surface area contributed by atoms with E-state index in [1.54, 1.807) is 13.3 Å². The summed E-state index contributed by atoms with van der Waals surface area (Å²) in [4.78, 5) is 16.3. The highest BCUT2D eigenvalue weighted by Gasteiger charge is 2.29. The van der Waals surface area contributed by atoms with Gasteiger partial charge in [0.2, 0.25) is 5.65 Å². The van der Waals surface area contributed by atoms with E-state index in [4.69, 9.17) is 25.9 Å². The summed E-state index contributed by atoms with van der Waals surface area (Å²) in [6, 6.07) is 8.34. The second kappa shape index (κ2) is 8.93. The fraction of sp³-hybridized carbons (Fsp3) is 0.375. The number of anilines is 1. The summed E-state index contributed by atoms with van der Waals surface area (Å²) in [7, 11) is 1.62. The SMILES string of the molecule is COc1nc2ncc(C3(N)C=CC(c4ccc(N)cc4)=CC3)nc2n1CCN1CCOCC1. The van der Waals surface area contributed by atoms with Gasteiger partial charge in [-0.15, -0.1) is 0 Å². The van der Waals surface area contributed by atoms with E-state index in [-0.39, 0.29) is 0 Å². The number of nitrogens with two attached hydrogens (primary N) is 2. The molecule has 0 amide bonds. The molecule has 3 aromatic rings. The maximum atomic E-state index is 6.78. The van der Waals surface area contributed by atoms with Crippen molar-refractivity contribution in [1.29, 1.82) is 0 Å². The number of fused-ring (bicyclic) bond motifs is 1. The molecule has 1 saturated heterocycles. The number of morpholine rings is 1. The molecule has 1 unspecified atom stereocenters. The number of rotatable bonds is 6. The fourth-order valence-corrected chi connectivity index (χ4v) is 4.26. The molecule has 3 heterocycles. The van der Waals surface area contributed by atoms with Gasteiger partial charge in [-0.3, -0.25) is 9.47 Å². The molecule has 2 aliphatic rings. The van der Waals surface area contributed by atoms with Gasteiger partial charge < -0.3 is 20.9 Å². The van der Waals surface area contributed by atoms with Crippen LogP contribution >= 0.6 is 0 Å². The number of hydrogen-bond donors (Lipinski definition) is 2. The highest BCUT2D eigenvalue weighted by atomic mass is 16.5. The molecule has 1 fully saturated rings. The van der Waals surface area contributed by atoms with Crippen molar-refractivity contribution in [2.45, 2.75) is 18.5 Å². The molecular formula is C24H29N7O2. The minimum Gasteiger partial charge on any atom is -0.468 e. The Bertz CT molecular complexity index is 1200. The summed E-state index contributed by atoms with van der Waals surface area (Å²) in [5.41, 5.74) is 16.8. The molecule has 0 saturated carbocycles. The third-order valence-corrected chi connectivity index (χ3v) is 6.29. The fourth-order valence-electron chi connectivity index (χ4n) is 4.26. The van der Waals surface area contributed by atoms with Crippen molar-refractivity contribution < 1.29 is 9.47 Å². The van der Waals surface area contributed by atoms with Gasteiger partial charge in [0.15, 0.2) is 5.65 Å². The molecule has 172 valence electrons. The molecule has 9 nitrogen and oxygen atoms in total. The van der Waals surface area contributed by atoms with Crippen LogP contribution in [0.15, 0.2) is 48.7 Å². The van der Waals surface area contributed by atoms with Crippen LogP contribution in [0.25, 0.3) is 16.9 Å². The lowest BCUT2D eigenvalue weighted by atomic mass is 9.85. The van der Waals surface area contributed by atoms with Crippen LogP contribution in [0.5, 0.6) is 6.01 Å². The van der Waals surface area contributed by atoms with Gasteiger partial charge in [-0.25, -0.2) is 9.97 Å². The standard InChI is InChI=1S/C24H29N7O2/c1-32-23-29-21-22(31(23)11-10-30-12-14-33-15-13-30)28-20(16-27-21)24(26)8-6-18(7-9-24)17-2-4-19(25)5-3-17/h2-8,16H,9-15,25-26H2,1H3. The van der Waals surface area contributed by atoms with Crippen LogP contribution in [0.2, 0.25) is 0 Å². The molecule has 0 bridgehead atoms. The number of allylic oxidation sites excluding steroid dienone is 2. The van der Waals surface area contributed by atoms with Crippen molar-refractivity contribution in [3.8, 4) is 6.01 Å². The second-order valence-electron chi connectivity index (χ2n) is 8.47. The first-order chi connectivity index (χ1) is 16.1. The lowest BCUT2D eigenvalue weighted by Crippen LogP contribution is -2.38. The monoisotopic (exact) mass is 447 g/mol. The summed E-state index contributed by atoms with van der Waals surface area (Å²) in [6.45, 7) is 4.93. The predicted octanol–water partition coefficient (Wildman–Crippen LogP) is 1.95. The molecule has 0 spiro atoms. The van der Waals surface area contributed by atoms with Crippen molar-refractivity contribution >= 4 is 22.6 Å². The Morgan fingerprint density at radius 3 is 2.61 bits per heavy atom. The van der Waals surface area contributed by atoms with E-state index in [2.05, 4.69) is 20.9 Å². The van der Waals surface area contributed by atoms with E-state index in [0.717, 1.165) is 49.7 Å². The first-order valence-corrected chi connectivity index (χ1v) is 11.2. The minimum atomic E-state index is -0.745. The van der Waals surface area contributed by atoms with Gasteiger partial charge in [0.1, 0.15) is 0 Å². The Morgan fingerprint density at radius 2 is 1.91 bits per heavy atom. The molecule has 2 aromatic heterocycles. The number of methoxy groups -OCH3 is 1. The summed E-state index contributed by atoms with van der Waals surface area (Å²) in [5, 5.41) is 0. The highest BCUT2D eigenvalue weighted by Crippen LogP contribution is 2.32. The smallest absolute Gasteiger partial charge is 0.299 e. The zero-order valence-corrected chi connectivity index (χ0v) is 18.8. The van der Waals surface area contributed by atoms with E-state index in [1.165, 1.54) is 0 Å². The van der Waals surface area contributed by atoms with Crippen molar-refractivity contribution in [2.75, 3.05) is 45.7 Å². The predicted molar refractivity (Wildman–Crippen MR) is 128 cm³/mol. The minimum absolute atomic E-state index is 0.506. The third-order valence-electron chi connectivity index (χ3n) is 6.29. The Balaban J connectivity index is 1.40. The quantitative estimate of drug-likeness (QED) is 0.551. The Hall–Kier alpha value is -3.27. The van der Waals surface area contributed by atoms with Crippen molar-refractivity contribution in [2.24, 2.45) is 5.73 Å². The van der Waals surface area contributed by atoms with Crippen LogP contribution < -0.4 is 16.2 Å². The number of hydrogen-bond acceptors (Lipinski definition) is 8. The molecule has 1 atom stereocenters. The lowest BCUT2D eigenvalue weighted by molar-refractivity contribution is 0.0362. The van der Waals surface area contributed by atoms with Crippen LogP contribution in [0, 0.1) is 0 Å². The number of nitrogens with zero attached hydrogens (tertiary/aromatic N) is 5. The lowest BCUT2D eigenvalue weighted by Gasteiger charge is -2.28. The van der Waals surface area contributed by atoms with E-state index >= 15 is 0 Å². The van der Waals surface area contributed by atoms with Gasteiger partial charge >= 0.3 is 0 Å². The normalized spacial score (nSPS) is 21.3. The molecule has 1 aromatic carbocycles. The molecular weight excluding hydrogens is 418 g/mol. The summed E-state index contributed by atoms with van der Waals surface area (Å²) in [6.07, 6.45) is 8.50. The van der Waals surface area contributed by atoms with Crippen LogP contribution in [0.3, 0.4) is 0 Å².